The molecule has 1 N–H and O–H groups in total. The van der Waals surface area contributed by atoms with Crippen molar-refractivity contribution >= 4 is 5.97 Å². The van der Waals surface area contributed by atoms with Gasteiger partial charge in [0.1, 0.15) is 0 Å². The number of carboxylic acid groups (broad SMARTS) is 1. The van der Waals surface area contributed by atoms with E-state index in [0.717, 1.165) is 6.42 Å². The number of hydrogen-bond donors (Lipinski definition) is 1. The van der Waals surface area contributed by atoms with E-state index >= 15 is 0 Å². The SMILES string of the molecule is O=C(O)c1nc(C2CCOC2)no1. The second-order valence-corrected chi connectivity index (χ2v) is 2.82. The molecule has 70 valence electrons. The Balaban J connectivity index is 2.16. The molecule has 2 rings (SSSR count). The number of aromatic carboxylic acids is 1. The van der Waals surface area contributed by atoms with E-state index < -0.39 is 5.97 Å². The molecule has 1 aromatic rings. The second kappa shape index (κ2) is 3.14. The molecule has 1 unspecified atom stereocenters. The van der Waals surface area contributed by atoms with Crippen molar-refractivity contribution in [2.24, 2.45) is 0 Å². The fraction of sp³-hybridized carbons (Fsp3) is 0.571. The van der Waals surface area contributed by atoms with Gasteiger partial charge in [-0.15, -0.1) is 0 Å². The minimum atomic E-state index is -1.20. The van der Waals surface area contributed by atoms with Crippen LogP contribution in [0.2, 0.25) is 0 Å². The maximum absolute atomic E-state index is 10.4. The summed E-state index contributed by atoms with van der Waals surface area (Å²) in [6, 6.07) is 0. The molecule has 2 heterocycles. The quantitative estimate of drug-likeness (QED) is 0.710. The molecule has 1 fully saturated rings. The molecule has 6 nitrogen and oxygen atoms in total. The van der Waals surface area contributed by atoms with Gasteiger partial charge in [-0.3, -0.25) is 0 Å². The van der Waals surface area contributed by atoms with Crippen LogP contribution in [0.15, 0.2) is 4.52 Å². The Bertz CT molecular complexity index is 316. The predicted molar refractivity (Wildman–Crippen MR) is 39.4 cm³/mol. The van der Waals surface area contributed by atoms with Crippen molar-refractivity contribution < 1.29 is 19.2 Å². The molecule has 1 aliphatic heterocycles. The molecule has 1 aliphatic rings. The normalized spacial score (nSPS) is 22.0. The smallest absolute Gasteiger partial charge is 0.394 e. The molecular formula is C7H8N2O4. The van der Waals surface area contributed by atoms with Gasteiger partial charge < -0.3 is 14.4 Å². The zero-order valence-corrected chi connectivity index (χ0v) is 6.77. The van der Waals surface area contributed by atoms with E-state index in [1.54, 1.807) is 0 Å². The van der Waals surface area contributed by atoms with Crippen LogP contribution in [0.25, 0.3) is 0 Å². The molecular weight excluding hydrogens is 176 g/mol. The van der Waals surface area contributed by atoms with Gasteiger partial charge in [-0.05, 0) is 6.42 Å². The summed E-state index contributed by atoms with van der Waals surface area (Å²) in [5.41, 5.74) is 0. The Labute approximate surface area is 73.5 Å². The summed E-state index contributed by atoms with van der Waals surface area (Å²) >= 11 is 0. The van der Waals surface area contributed by atoms with Crippen molar-refractivity contribution in [1.82, 2.24) is 10.1 Å². The van der Waals surface area contributed by atoms with Crippen LogP contribution < -0.4 is 0 Å². The highest BCUT2D eigenvalue weighted by Gasteiger charge is 2.24. The van der Waals surface area contributed by atoms with Crippen LogP contribution in [0.4, 0.5) is 0 Å². The number of rotatable bonds is 2. The second-order valence-electron chi connectivity index (χ2n) is 2.82. The van der Waals surface area contributed by atoms with Crippen molar-refractivity contribution in [3.63, 3.8) is 0 Å². The highest BCUT2D eigenvalue weighted by molar-refractivity contribution is 5.81. The molecule has 1 atom stereocenters. The average Bonchev–Trinajstić information content (AvgIpc) is 2.75. The van der Waals surface area contributed by atoms with Gasteiger partial charge in [0.05, 0.1) is 6.61 Å². The Hall–Kier alpha value is -1.43. The first kappa shape index (κ1) is 8.18. The third-order valence-corrected chi connectivity index (χ3v) is 1.92. The van der Waals surface area contributed by atoms with Crippen molar-refractivity contribution in [3.05, 3.63) is 11.7 Å². The van der Waals surface area contributed by atoms with Crippen molar-refractivity contribution in [2.45, 2.75) is 12.3 Å². The summed E-state index contributed by atoms with van der Waals surface area (Å²) in [6.07, 6.45) is 0.818. The van der Waals surface area contributed by atoms with Gasteiger partial charge in [0.25, 0.3) is 0 Å². The molecule has 0 amide bonds. The van der Waals surface area contributed by atoms with E-state index in [0.29, 0.717) is 19.0 Å². The zero-order chi connectivity index (χ0) is 9.26. The summed E-state index contributed by atoms with van der Waals surface area (Å²) in [6.45, 7) is 1.21. The third-order valence-electron chi connectivity index (χ3n) is 1.92. The average molecular weight is 184 g/mol. The van der Waals surface area contributed by atoms with E-state index in [4.69, 9.17) is 9.84 Å². The van der Waals surface area contributed by atoms with E-state index in [1.165, 1.54) is 0 Å². The highest BCUT2D eigenvalue weighted by atomic mass is 16.5. The summed E-state index contributed by atoms with van der Waals surface area (Å²) in [5.74, 6) is -1.05. The minimum Gasteiger partial charge on any atom is -0.474 e. The van der Waals surface area contributed by atoms with Crippen LogP contribution in [-0.2, 0) is 4.74 Å². The summed E-state index contributed by atoms with van der Waals surface area (Å²) in [5, 5.41) is 12.1. The number of ether oxygens (including phenoxy) is 1. The zero-order valence-electron chi connectivity index (χ0n) is 6.77. The molecule has 6 heteroatoms. The lowest BCUT2D eigenvalue weighted by Crippen LogP contribution is -2.01. The molecule has 0 saturated carbocycles. The number of carbonyl (C=O) groups is 1. The first-order valence-electron chi connectivity index (χ1n) is 3.92. The van der Waals surface area contributed by atoms with E-state index in [-0.39, 0.29) is 11.8 Å². The van der Waals surface area contributed by atoms with Crippen molar-refractivity contribution in [2.75, 3.05) is 13.2 Å². The van der Waals surface area contributed by atoms with Crippen LogP contribution in [-0.4, -0.2) is 34.4 Å². The Kier molecular flexibility index (Phi) is 1.97. The molecule has 1 aromatic heterocycles. The molecule has 0 aromatic carbocycles. The van der Waals surface area contributed by atoms with Gasteiger partial charge in [0.15, 0.2) is 5.82 Å². The standard InChI is InChI=1S/C7H8N2O4/c10-7(11)6-8-5(9-13-6)4-1-2-12-3-4/h4H,1-3H2,(H,10,11). The van der Waals surface area contributed by atoms with Crippen LogP contribution in [0.3, 0.4) is 0 Å². The van der Waals surface area contributed by atoms with Gasteiger partial charge >= 0.3 is 11.9 Å². The minimum absolute atomic E-state index is 0.0804. The molecule has 0 radical (unpaired) electrons. The molecule has 1 saturated heterocycles. The van der Waals surface area contributed by atoms with Gasteiger partial charge in [-0.25, -0.2) is 4.79 Å². The molecule has 0 spiro atoms. The summed E-state index contributed by atoms with van der Waals surface area (Å²) in [4.78, 5) is 14.1. The third kappa shape index (κ3) is 1.52. The Morgan fingerprint density at radius 3 is 3.00 bits per heavy atom. The van der Waals surface area contributed by atoms with Gasteiger partial charge in [0.2, 0.25) is 0 Å². The van der Waals surface area contributed by atoms with Crippen LogP contribution >= 0.6 is 0 Å². The number of nitrogens with zero attached hydrogens (tertiary/aromatic N) is 2. The maximum atomic E-state index is 10.4. The van der Waals surface area contributed by atoms with Crippen LogP contribution in [0, 0.1) is 0 Å². The highest BCUT2D eigenvalue weighted by Crippen LogP contribution is 2.22. The number of aromatic nitrogens is 2. The van der Waals surface area contributed by atoms with E-state index in [1.807, 2.05) is 0 Å². The monoisotopic (exact) mass is 184 g/mol. The lowest BCUT2D eigenvalue weighted by atomic mass is 10.1. The predicted octanol–water partition coefficient (Wildman–Crippen LogP) is 0.272. The van der Waals surface area contributed by atoms with Gasteiger partial charge in [-0.2, -0.15) is 4.98 Å². The van der Waals surface area contributed by atoms with E-state index in [9.17, 15) is 4.79 Å². The molecule has 0 aliphatic carbocycles. The summed E-state index contributed by atoms with van der Waals surface area (Å²) < 4.78 is 9.63. The van der Waals surface area contributed by atoms with Crippen molar-refractivity contribution in [3.8, 4) is 0 Å². The Morgan fingerprint density at radius 1 is 1.62 bits per heavy atom. The van der Waals surface area contributed by atoms with Crippen molar-refractivity contribution in [1.29, 1.82) is 0 Å². The molecule has 13 heavy (non-hydrogen) atoms. The van der Waals surface area contributed by atoms with Gasteiger partial charge in [-0.1, -0.05) is 5.16 Å². The molecule has 0 bridgehead atoms. The fourth-order valence-electron chi connectivity index (χ4n) is 1.23. The van der Waals surface area contributed by atoms with Crippen LogP contribution in [0.1, 0.15) is 28.8 Å². The topological polar surface area (TPSA) is 85.5 Å². The lowest BCUT2D eigenvalue weighted by molar-refractivity contribution is 0.0643. The van der Waals surface area contributed by atoms with Crippen LogP contribution in [0.5, 0.6) is 0 Å². The largest absolute Gasteiger partial charge is 0.474 e. The maximum Gasteiger partial charge on any atom is 0.394 e. The van der Waals surface area contributed by atoms with E-state index in [2.05, 4.69) is 14.7 Å². The summed E-state index contributed by atoms with van der Waals surface area (Å²) in [7, 11) is 0. The lowest BCUT2D eigenvalue weighted by Gasteiger charge is -1.96. The number of hydrogen-bond acceptors (Lipinski definition) is 5. The van der Waals surface area contributed by atoms with Gasteiger partial charge in [0, 0.05) is 12.5 Å². The Morgan fingerprint density at radius 2 is 2.46 bits per heavy atom. The first-order valence-corrected chi connectivity index (χ1v) is 3.92. The number of carboxylic acids is 1. The first-order chi connectivity index (χ1) is 6.27. The fourth-order valence-corrected chi connectivity index (χ4v) is 1.23.